The Bertz CT molecular complexity index is 495. The Labute approximate surface area is 124 Å². The van der Waals surface area contributed by atoms with Crippen LogP contribution in [0.25, 0.3) is 0 Å². The molecule has 4 N–H and O–H groups in total. The number of carbonyl (C=O) groups is 1. The minimum Gasteiger partial charge on any atom is -0.398 e. The second-order valence-electron chi connectivity index (χ2n) is 4.65. The van der Waals surface area contributed by atoms with Crippen molar-refractivity contribution in [1.29, 1.82) is 0 Å². The van der Waals surface area contributed by atoms with Gasteiger partial charge in [0.05, 0.1) is 11.3 Å². The first-order valence-electron chi connectivity index (χ1n) is 6.19. The van der Waals surface area contributed by atoms with E-state index in [1.165, 1.54) is 17.8 Å². The number of hydrogen-bond donors (Lipinski definition) is 3. The lowest BCUT2D eigenvalue weighted by Gasteiger charge is -2.12. The van der Waals surface area contributed by atoms with E-state index in [4.69, 9.17) is 10.8 Å². The van der Waals surface area contributed by atoms with Crippen LogP contribution in [0.15, 0.2) is 18.2 Å². The number of nitrogen functional groups attached to an aromatic ring is 1. The van der Waals surface area contributed by atoms with E-state index in [1.807, 2.05) is 6.92 Å². The maximum absolute atomic E-state index is 12.7. The second-order valence-corrected chi connectivity index (χ2v) is 5.68. The van der Waals surface area contributed by atoms with Crippen molar-refractivity contribution < 1.29 is 23.1 Å². The van der Waals surface area contributed by atoms with Crippen molar-refractivity contribution in [1.82, 2.24) is 0 Å². The molecule has 21 heavy (non-hydrogen) atoms. The zero-order valence-corrected chi connectivity index (χ0v) is 12.2. The molecule has 0 spiro atoms. The second kappa shape index (κ2) is 7.56. The highest BCUT2D eigenvalue weighted by molar-refractivity contribution is 7.99. The molecule has 0 heterocycles. The highest BCUT2D eigenvalue weighted by Crippen LogP contribution is 2.35. The zero-order valence-electron chi connectivity index (χ0n) is 11.4. The molecule has 0 bridgehead atoms. The maximum Gasteiger partial charge on any atom is 0.418 e. The number of nitrogens with two attached hydrogens (primary N) is 1. The Morgan fingerprint density at radius 3 is 2.71 bits per heavy atom. The van der Waals surface area contributed by atoms with Crippen molar-refractivity contribution >= 4 is 29.0 Å². The monoisotopic (exact) mass is 322 g/mol. The van der Waals surface area contributed by atoms with Crippen LogP contribution in [0.2, 0.25) is 0 Å². The lowest BCUT2D eigenvalue weighted by atomic mass is 10.1. The van der Waals surface area contributed by atoms with Gasteiger partial charge in [-0.05, 0) is 29.9 Å². The van der Waals surface area contributed by atoms with E-state index in [0.717, 1.165) is 12.1 Å². The molecule has 0 aliphatic rings. The smallest absolute Gasteiger partial charge is 0.398 e. The van der Waals surface area contributed by atoms with Crippen molar-refractivity contribution in [3.63, 3.8) is 0 Å². The van der Waals surface area contributed by atoms with Gasteiger partial charge in [0.1, 0.15) is 0 Å². The van der Waals surface area contributed by atoms with Gasteiger partial charge in [0.2, 0.25) is 5.91 Å². The van der Waals surface area contributed by atoms with E-state index in [1.54, 1.807) is 0 Å². The first kappa shape index (κ1) is 17.6. The first-order valence-corrected chi connectivity index (χ1v) is 7.34. The number of nitrogens with one attached hydrogen (secondary N) is 1. The topological polar surface area (TPSA) is 75.3 Å². The summed E-state index contributed by atoms with van der Waals surface area (Å²) in [6, 6.07) is 3.25. The van der Waals surface area contributed by atoms with Gasteiger partial charge in [-0.3, -0.25) is 4.79 Å². The number of halogens is 3. The molecular formula is C13H17F3N2O2S. The summed E-state index contributed by atoms with van der Waals surface area (Å²) < 4.78 is 38.0. The fraction of sp³-hybridized carbons (Fsp3) is 0.462. The van der Waals surface area contributed by atoms with Gasteiger partial charge < -0.3 is 16.2 Å². The molecule has 1 unspecified atom stereocenters. The van der Waals surface area contributed by atoms with Crippen molar-refractivity contribution in [2.75, 3.05) is 29.2 Å². The van der Waals surface area contributed by atoms with Gasteiger partial charge >= 0.3 is 6.18 Å². The molecular weight excluding hydrogens is 305 g/mol. The average molecular weight is 322 g/mol. The van der Waals surface area contributed by atoms with E-state index < -0.39 is 17.6 Å². The number of carbonyl (C=O) groups excluding carboxylic acids is 1. The number of hydrogen-bond acceptors (Lipinski definition) is 4. The van der Waals surface area contributed by atoms with Crippen LogP contribution in [-0.2, 0) is 11.0 Å². The maximum atomic E-state index is 12.7. The molecule has 1 amide bonds. The van der Waals surface area contributed by atoms with Crippen LogP contribution in [0.5, 0.6) is 0 Å². The minimum absolute atomic E-state index is 0.0293. The van der Waals surface area contributed by atoms with Crippen LogP contribution in [0.4, 0.5) is 24.5 Å². The van der Waals surface area contributed by atoms with Gasteiger partial charge in [-0.25, -0.2) is 0 Å². The summed E-state index contributed by atoms with van der Waals surface area (Å²) >= 11 is 1.31. The zero-order chi connectivity index (χ0) is 16.0. The summed E-state index contributed by atoms with van der Waals surface area (Å²) in [5.41, 5.74) is 3.97. The number of aliphatic hydroxyl groups is 1. The summed E-state index contributed by atoms with van der Waals surface area (Å²) in [6.07, 6.45) is -4.56. The molecule has 0 aliphatic carbocycles. The van der Waals surface area contributed by atoms with Gasteiger partial charge in [0, 0.05) is 18.0 Å². The molecule has 8 heteroatoms. The Kier molecular flexibility index (Phi) is 6.35. The van der Waals surface area contributed by atoms with Crippen molar-refractivity contribution in [2.24, 2.45) is 5.92 Å². The third-order valence-corrected chi connectivity index (χ3v) is 3.86. The summed E-state index contributed by atoms with van der Waals surface area (Å²) in [6.45, 7) is 1.86. The number of anilines is 2. The van der Waals surface area contributed by atoms with Gasteiger partial charge in [-0.1, -0.05) is 6.92 Å². The van der Waals surface area contributed by atoms with E-state index in [0.29, 0.717) is 5.75 Å². The highest BCUT2D eigenvalue weighted by atomic mass is 32.2. The molecule has 0 saturated heterocycles. The van der Waals surface area contributed by atoms with E-state index in [9.17, 15) is 18.0 Å². The molecule has 0 radical (unpaired) electrons. The summed E-state index contributed by atoms with van der Waals surface area (Å²) in [5.74, 6) is 0.370. The predicted molar refractivity (Wildman–Crippen MR) is 78.1 cm³/mol. The van der Waals surface area contributed by atoms with Gasteiger partial charge in [0.25, 0.3) is 0 Å². The number of amides is 1. The lowest BCUT2D eigenvalue weighted by Crippen LogP contribution is -2.17. The average Bonchev–Trinajstić information content (AvgIpc) is 2.39. The number of alkyl halides is 3. The molecule has 1 rings (SSSR count). The highest BCUT2D eigenvalue weighted by Gasteiger charge is 2.33. The Balaban J connectivity index is 2.61. The Morgan fingerprint density at radius 1 is 1.48 bits per heavy atom. The van der Waals surface area contributed by atoms with Crippen LogP contribution in [0, 0.1) is 5.92 Å². The third-order valence-electron chi connectivity index (χ3n) is 2.59. The molecule has 1 aromatic carbocycles. The Morgan fingerprint density at radius 2 is 2.14 bits per heavy atom. The molecule has 0 aliphatic heterocycles. The van der Waals surface area contributed by atoms with Crippen LogP contribution in [-0.4, -0.2) is 29.1 Å². The summed E-state index contributed by atoms with van der Waals surface area (Å²) in [4.78, 5) is 11.6. The SMILES string of the molecule is CC(CO)CSCC(=O)Nc1ccc(N)c(C(F)(F)F)c1. The van der Waals surface area contributed by atoms with E-state index in [2.05, 4.69) is 5.32 Å². The number of benzene rings is 1. The van der Waals surface area contributed by atoms with E-state index >= 15 is 0 Å². The van der Waals surface area contributed by atoms with Crippen LogP contribution in [0.3, 0.4) is 0 Å². The molecule has 1 atom stereocenters. The van der Waals surface area contributed by atoms with Gasteiger partial charge in [-0.15, -0.1) is 0 Å². The van der Waals surface area contributed by atoms with E-state index in [-0.39, 0.29) is 29.7 Å². The first-order chi connectivity index (χ1) is 9.74. The fourth-order valence-corrected chi connectivity index (χ4v) is 2.37. The van der Waals surface area contributed by atoms with Crippen LogP contribution in [0.1, 0.15) is 12.5 Å². The quantitative estimate of drug-likeness (QED) is 0.704. The van der Waals surface area contributed by atoms with Gasteiger partial charge in [-0.2, -0.15) is 24.9 Å². The number of aliphatic hydroxyl groups excluding tert-OH is 1. The van der Waals surface area contributed by atoms with Crippen molar-refractivity contribution in [2.45, 2.75) is 13.1 Å². The molecule has 4 nitrogen and oxygen atoms in total. The van der Waals surface area contributed by atoms with Crippen LogP contribution < -0.4 is 11.1 Å². The molecule has 0 fully saturated rings. The van der Waals surface area contributed by atoms with Crippen LogP contribution >= 0.6 is 11.8 Å². The standard InChI is InChI=1S/C13H17F3N2O2S/c1-8(5-19)6-21-7-12(20)18-9-2-3-11(17)10(4-9)13(14,15)16/h2-4,8,19H,5-7,17H2,1H3,(H,18,20). The van der Waals surface area contributed by atoms with Gasteiger partial charge in [0.15, 0.2) is 0 Å². The normalized spacial score (nSPS) is 13.0. The lowest BCUT2D eigenvalue weighted by molar-refractivity contribution is -0.136. The molecule has 0 saturated carbocycles. The minimum atomic E-state index is -4.56. The fourth-order valence-electron chi connectivity index (χ4n) is 1.48. The summed E-state index contributed by atoms with van der Waals surface area (Å²) in [5, 5.41) is 11.2. The number of thioether (sulfide) groups is 1. The summed E-state index contributed by atoms with van der Waals surface area (Å²) in [7, 11) is 0. The largest absolute Gasteiger partial charge is 0.418 e. The third kappa shape index (κ3) is 5.84. The van der Waals surface area contributed by atoms with Crippen molar-refractivity contribution in [3.05, 3.63) is 23.8 Å². The Hall–Kier alpha value is -1.41. The molecule has 0 aromatic heterocycles. The molecule has 1 aromatic rings. The number of rotatable bonds is 6. The molecule has 118 valence electrons. The predicted octanol–water partition coefficient (Wildman–Crippen LogP) is 2.59. The van der Waals surface area contributed by atoms with Crippen molar-refractivity contribution in [3.8, 4) is 0 Å².